The van der Waals surface area contributed by atoms with Gasteiger partial charge in [-0.15, -0.1) is 0 Å². The van der Waals surface area contributed by atoms with E-state index >= 15 is 0 Å². The maximum absolute atomic E-state index is 12.9. The molecule has 0 saturated heterocycles. The number of quaternary nitrogens is 1. The van der Waals surface area contributed by atoms with Gasteiger partial charge in [0.2, 0.25) is 0 Å². The van der Waals surface area contributed by atoms with Crippen molar-refractivity contribution in [1.82, 2.24) is 0 Å². The molecule has 0 aliphatic heterocycles. The minimum Gasteiger partial charge on any atom is -0.477 e. The van der Waals surface area contributed by atoms with Crippen LogP contribution in [0.1, 0.15) is 367 Å². The minimum atomic E-state index is -1.50. The number of carbonyl (C=O) groups is 3. The molecule has 0 fully saturated rings. The third kappa shape index (κ3) is 63.6. The number of hydrogen-bond acceptors (Lipinski definition) is 7. The number of esters is 2. The lowest BCUT2D eigenvalue weighted by Crippen LogP contribution is -2.40. The van der Waals surface area contributed by atoms with Crippen LogP contribution in [0.4, 0.5) is 0 Å². The molecule has 0 heterocycles. The molecule has 0 aromatic heterocycles. The monoisotopic (exact) mass is 1130 g/mol. The highest BCUT2D eigenvalue weighted by Crippen LogP contribution is 2.19. The molecule has 9 heteroatoms. The molecule has 0 aliphatic carbocycles. The first-order valence-corrected chi connectivity index (χ1v) is 35.4. The highest BCUT2D eigenvalue weighted by Gasteiger charge is 2.25. The number of carboxylic acids is 1. The first-order chi connectivity index (χ1) is 39.1. The van der Waals surface area contributed by atoms with E-state index in [4.69, 9.17) is 18.9 Å². The molecular formula is C71H138NO8+. The van der Waals surface area contributed by atoms with Crippen LogP contribution in [0.2, 0.25) is 0 Å². The molecule has 0 aromatic rings. The molecular weight excluding hydrogens is 995 g/mol. The summed E-state index contributed by atoms with van der Waals surface area (Å²) < 4.78 is 23.0. The Hall–Kier alpha value is -1.97. The summed E-state index contributed by atoms with van der Waals surface area (Å²) in [7, 11) is 5.99. The van der Waals surface area contributed by atoms with E-state index in [0.717, 1.165) is 38.5 Å². The number of ether oxygens (including phenoxy) is 4. The van der Waals surface area contributed by atoms with E-state index in [9.17, 15) is 19.5 Å². The Morgan fingerprint density at radius 1 is 0.362 bits per heavy atom. The lowest BCUT2D eigenvalue weighted by Gasteiger charge is -2.25. The normalized spacial score (nSPS) is 12.7. The molecule has 0 spiro atoms. The van der Waals surface area contributed by atoms with Crippen LogP contribution >= 0.6 is 0 Å². The van der Waals surface area contributed by atoms with Gasteiger partial charge in [0.15, 0.2) is 6.10 Å². The van der Waals surface area contributed by atoms with E-state index < -0.39 is 18.4 Å². The molecule has 474 valence electrons. The zero-order chi connectivity index (χ0) is 58.3. The number of carboxylic acid groups (broad SMARTS) is 1. The molecule has 0 bridgehead atoms. The zero-order valence-electron chi connectivity index (χ0n) is 54.3. The summed E-state index contributed by atoms with van der Waals surface area (Å²) in [5, 5.41) is 9.72. The summed E-state index contributed by atoms with van der Waals surface area (Å²) in [6.07, 6.45) is 73.5. The molecule has 0 radical (unpaired) electrons. The van der Waals surface area contributed by atoms with Crippen LogP contribution in [0.5, 0.6) is 0 Å². The smallest absolute Gasteiger partial charge is 0.361 e. The van der Waals surface area contributed by atoms with E-state index in [1.807, 2.05) is 21.1 Å². The fourth-order valence-electron chi connectivity index (χ4n) is 10.8. The first-order valence-electron chi connectivity index (χ1n) is 35.4. The van der Waals surface area contributed by atoms with E-state index in [1.54, 1.807) is 0 Å². The standard InChI is InChI=1S/C71H137NO8/c1-6-8-10-12-14-16-18-20-22-24-25-26-27-28-29-30-31-32-33-34-35-36-37-38-39-40-41-42-43-44-45-46-48-50-52-54-56-58-60-62-69(74)80-67(66-79-71(70(75)76)77-64-63-72(3,4)5)65-78-68(73)61-59-57-55-53-51-49-47-23-21-19-17-15-13-11-9-7-2/h24-25,67,71H,6-23,26-66H2,1-5H3/p+1/b25-24-. The van der Waals surface area contributed by atoms with Gasteiger partial charge >= 0.3 is 17.9 Å². The Kier molecular flexibility index (Phi) is 61.5. The first kappa shape index (κ1) is 78.0. The van der Waals surface area contributed by atoms with E-state index in [0.29, 0.717) is 17.4 Å². The third-order valence-electron chi connectivity index (χ3n) is 16.3. The van der Waals surface area contributed by atoms with Gasteiger partial charge in [-0.3, -0.25) is 9.59 Å². The molecule has 2 atom stereocenters. The summed E-state index contributed by atoms with van der Waals surface area (Å²) in [6, 6.07) is 0. The average molecular weight is 1130 g/mol. The third-order valence-corrected chi connectivity index (χ3v) is 16.3. The van der Waals surface area contributed by atoms with Gasteiger partial charge in [0, 0.05) is 12.8 Å². The average Bonchev–Trinajstić information content (AvgIpc) is 3.43. The molecule has 80 heavy (non-hydrogen) atoms. The number of likely N-dealkylation sites (N-methyl/N-ethyl adjacent to an activating group) is 1. The number of aliphatic carboxylic acids is 1. The Labute approximate surface area is 497 Å². The molecule has 9 nitrogen and oxygen atoms in total. The zero-order valence-corrected chi connectivity index (χ0v) is 54.3. The van der Waals surface area contributed by atoms with Crippen LogP contribution in [0.15, 0.2) is 12.2 Å². The summed E-state index contributed by atoms with van der Waals surface area (Å²) in [4.78, 5) is 37.5. The lowest BCUT2D eigenvalue weighted by atomic mass is 10.0. The van der Waals surface area contributed by atoms with Crippen LogP contribution in [-0.4, -0.2) is 87.4 Å². The largest absolute Gasteiger partial charge is 0.477 e. The summed E-state index contributed by atoms with van der Waals surface area (Å²) >= 11 is 0. The second-order valence-electron chi connectivity index (χ2n) is 25.6. The highest BCUT2D eigenvalue weighted by molar-refractivity contribution is 5.71. The quantitative estimate of drug-likeness (QED) is 0.0211. The van der Waals surface area contributed by atoms with E-state index in [2.05, 4.69) is 26.0 Å². The van der Waals surface area contributed by atoms with Crippen molar-refractivity contribution < 1.29 is 42.9 Å². The van der Waals surface area contributed by atoms with Gasteiger partial charge in [-0.05, 0) is 38.5 Å². The predicted octanol–water partition coefficient (Wildman–Crippen LogP) is 21.6. The SMILES string of the molecule is CCCCCCCCCC/C=C\CCCCCCCCCCCCCCCCCCCCCCCCCCCCCC(=O)OC(COC(=O)CCCCCCCCCCCCCCCCCC)COC(OCC[N+](C)(C)C)C(=O)O. The molecule has 2 unspecified atom stereocenters. The fraction of sp³-hybridized carbons (Fsp3) is 0.930. The van der Waals surface area contributed by atoms with Crippen molar-refractivity contribution in [1.29, 1.82) is 0 Å². The lowest BCUT2D eigenvalue weighted by molar-refractivity contribution is -0.870. The molecule has 1 N–H and O–H groups in total. The maximum Gasteiger partial charge on any atom is 0.361 e. The highest BCUT2D eigenvalue weighted by atomic mass is 16.7. The van der Waals surface area contributed by atoms with Crippen molar-refractivity contribution in [3.63, 3.8) is 0 Å². The van der Waals surface area contributed by atoms with Crippen molar-refractivity contribution in [2.45, 2.75) is 379 Å². The number of allylic oxidation sites excluding steroid dienone is 2. The maximum atomic E-state index is 12.9. The number of rotatable bonds is 67. The van der Waals surface area contributed by atoms with Crippen molar-refractivity contribution >= 4 is 17.9 Å². The number of unbranched alkanes of at least 4 members (excludes halogenated alkanes) is 50. The van der Waals surface area contributed by atoms with Crippen LogP contribution in [0, 0.1) is 0 Å². The van der Waals surface area contributed by atoms with Gasteiger partial charge in [-0.1, -0.05) is 328 Å². The van der Waals surface area contributed by atoms with Gasteiger partial charge in [-0.25, -0.2) is 4.79 Å². The van der Waals surface area contributed by atoms with Crippen LogP contribution in [-0.2, 0) is 33.3 Å². The summed E-state index contributed by atoms with van der Waals surface area (Å²) in [6.45, 7) is 4.95. The van der Waals surface area contributed by atoms with Crippen molar-refractivity contribution in [3.05, 3.63) is 12.2 Å². The Balaban J connectivity index is 3.91. The number of carbonyl (C=O) groups excluding carboxylic acids is 2. The van der Waals surface area contributed by atoms with Gasteiger partial charge in [0.25, 0.3) is 6.29 Å². The van der Waals surface area contributed by atoms with Gasteiger partial charge in [0.1, 0.15) is 13.2 Å². The number of nitrogens with zero attached hydrogens (tertiary/aromatic N) is 1. The molecule has 0 aliphatic rings. The second kappa shape index (κ2) is 63.1. The van der Waals surface area contributed by atoms with Crippen molar-refractivity contribution in [3.8, 4) is 0 Å². The molecule has 0 rings (SSSR count). The molecule has 0 aromatic carbocycles. The van der Waals surface area contributed by atoms with Crippen LogP contribution in [0.25, 0.3) is 0 Å². The fourth-order valence-corrected chi connectivity index (χ4v) is 10.8. The van der Waals surface area contributed by atoms with Gasteiger partial charge in [-0.2, -0.15) is 0 Å². The Morgan fingerprint density at radius 3 is 0.925 bits per heavy atom. The van der Waals surface area contributed by atoms with E-state index in [-0.39, 0.29) is 38.2 Å². The van der Waals surface area contributed by atoms with E-state index in [1.165, 1.54) is 302 Å². The van der Waals surface area contributed by atoms with Crippen molar-refractivity contribution in [2.75, 3.05) is 47.5 Å². The topological polar surface area (TPSA) is 108 Å². The Morgan fingerprint density at radius 2 is 0.637 bits per heavy atom. The van der Waals surface area contributed by atoms with Crippen LogP contribution < -0.4 is 0 Å². The predicted molar refractivity (Wildman–Crippen MR) is 341 cm³/mol. The van der Waals surface area contributed by atoms with Gasteiger partial charge < -0.3 is 28.5 Å². The van der Waals surface area contributed by atoms with Crippen molar-refractivity contribution in [2.24, 2.45) is 0 Å². The molecule has 0 amide bonds. The Bertz CT molecular complexity index is 1320. The summed E-state index contributed by atoms with van der Waals surface area (Å²) in [5.41, 5.74) is 0. The minimum absolute atomic E-state index is 0.173. The summed E-state index contributed by atoms with van der Waals surface area (Å²) in [5.74, 6) is -1.97. The van der Waals surface area contributed by atoms with Gasteiger partial charge in [0.05, 0.1) is 34.4 Å². The second-order valence-corrected chi connectivity index (χ2v) is 25.6. The van der Waals surface area contributed by atoms with Crippen LogP contribution in [0.3, 0.4) is 0 Å². The number of hydrogen-bond donors (Lipinski definition) is 1. The molecule has 0 saturated carbocycles.